The fourth-order valence-corrected chi connectivity index (χ4v) is 5.28. The Morgan fingerprint density at radius 1 is 1.05 bits per heavy atom. The number of hydrogen-bond acceptors (Lipinski definition) is 7. The Hall–Kier alpha value is -3.16. The smallest absolute Gasteiger partial charge is 0.337 e. The minimum Gasteiger partial charge on any atom is -0.494 e. The molecule has 0 N–H and O–H groups in total. The standard InChI is InChI=1S/C30H39FO7/c1-4-7-29(37-27(32)17-11-21-10-16-26(35-3)25(31)19-21)38-30(34)20(2)18-28(33)36-24-14-12-23(13-15-24)22-8-5-6-9-22/h10-11,16-17,19,22-24,29H,2,4-9,12-15,18H2,1,3H3/b17-11+. The van der Waals surface area contributed by atoms with Crippen LogP contribution in [0.25, 0.3) is 6.08 Å². The molecule has 38 heavy (non-hydrogen) atoms. The molecule has 2 fully saturated rings. The summed E-state index contributed by atoms with van der Waals surface area (Å²) < 4.78 is 34.8. The highest BCUT2D eigenvalue weighted by Gasteiger charge is 2.31. The van der Waals surface area contributed by atoms with Gasteiger partial charge in [0.2, 0.25) is 6.29 Å². The first-order chi connectivity index (χ1) is 18.3. The van der Waals surface area contributed by atoms with Crippen molar-refractivity contribution in [2.24, 2.45) is 11.8 Å². The Bertz CT molecular complexity index is 1000. The lowest BCUT2D eigenvalue weighted by Crippen LogP contribution is -2.28. The summed E-state index contributed by atoms with van der Waals surface area (Å²) in [6.07, 6.45) is 11.0. The predicted molar refractivity (Wildman–Crippen MR) is 140 cm³/mol. The van der Waals surface area contributed by atoms with Crippen LogP contribution in [0.3, 0.4) is 0 Å². The van der Waals surface area contributed by atoms with Crippen LogP contribution in [-0.2, 0) is 28.6 Å². The molecule has 2 saturated carbocycles. The van der Waals surface area contributed by atoms with E-state index in [4.69, 9.17) is 18.9 Å². The van der Waals surface area contributed by atoms with Crippen molar-refractivity contribution in [3.63, 3.8) is 0 Å². The average molecular weight is 531 g/mol. The molecule has 208 valence electrons. The second-order valence-electron chi connectivity index (χ2n) is 10.1. The Kier molecular flexibility index (Phi) is 11.4. The largest absolute Gasteiger partial charge is 0.494 e. The van der Waals surface area contributed by atoms with Gasteiger partial charge in [-0.15, -0.1) is 0 Å². The molecule has 2 aliphatic rings. The second kappa shape index (κ2) is 14.7. The van der Waals surface area contributed by atoms with Gasteiger partial charge in [-0.05, 0) is 67.7 Å². The number of carbonyl (C=O) groups is 3. The summed E-state index contributed by atoms with van der Waals surface area (Å²) in [5, 5.41) is 0. The summed E-state index contributed by atoms with van der Waals surface area (Å²) >= 11 is 0. The van der Waals surface area contributed by atoms with Crippen molar-refractivity contribution in [3.05, 3.63) is 47.8 Å². The lowest BCUT2D eigenvalue weighted by atomic mass is 9.78. The molecule has 8 heteroatoms. The van der Waals surface area contributed by atoms with E-state index in [0.717, 1.165) is 43.6 Å². The monoisotopic (exact) mass is 530 g/mol. The Labute approximate surface area is 224 Å². The van der Waals surface area contributed by atoms with Gasteiger partial charge < -0.3 is 18.9 Å². The number of rotatable bonds is 12. The van der Waals surface area contributed by atoms with Crippen LogP contribution in [0.1, 0.15) is 83.1 Å². The third-order valence-electron chi connectivity index (χ3n) is 7.33. The first-order valence-corrected chi connectivity index (χ1v) is 13.6. The van der Waals surface area contributed by atoms with Crippen molar-refractivity contribution in [3.8, 4) is 5.75 Å². The topological polar surface area (TPSA) is 88.1 Å². The van der Waals surface area contributed by atoms with E-state index >= 15 is 0 Å². The number of carbonyl (C=O) groups excluding carboxylic acids is 3. The SMILES string of the molecule is C=C(CC(=O)OC1CCC(C2CCCC2)CC1)C(=O)OC(CCC)OC(=O)/C=C/c1ccc(OC)c(F)c1. The molecule has 0 spiro atoms. The highest BCUT2D eigenvalue weighted by atomic mass is 19.1. The fraction of sp³-hybridized carbons (Fsp3) is 0.567. The third-order valence-corrected chi connectivity index (χ3v) is 7.33. The molecule has 0 heterocycles. The highest BCUT2D eigenvalue weighted by molar-refractivity contribution is 5.93. The van der Waals surface area contributed by atoms with Gasteiger partial charge >= 0.3 is 17.9 Å². The molecule has 7 nitrogen and oxygen atoms in total. The van der Waals surface area contributed by atoms with E-state index < -0.39 is 30.0 Å². The summed E-state index contributed by atoms with van der Waals surface area (Å²) in [5.41, 5.74) is 0.374. The molecule has 2 aliphatic carbocycles. The maximum Gasteiger partial charge on any atom is 0.337 e. The quantitative estimate of drug-likeness (QED) is 0.178. The van der Waals surface area contributed by atoms with Crippen LogP contribution in [0, 0.1) is 17.7 Å². The van der Waals surface area contributed by atoms with Gasteiger partial charge in [-0.25, -0.2) is 14.0 Å². The van der Waals surface area contributed by atoms with Crippen LogP contribution < -0.4 is 4.74 Å². The molecular weight excluding hydrogens is 491 g/mol. The minimum absolute atomic E-state index is 0.0592. The van der Waals surface area contributed by atoms with E-state index in [0.29, 0.717) is 12.0 Å². The molecule has 0 aromatic heterocycles. The first-order valence-electron chi connectivity index (χ1n) is 13.6. The van der Waals surface area contributed by atoms with Gasteiger partial charge in [0.15, 0.2) is 11.6 Å². The Balaban J connectivity index is 1.42. The lowest BCUT2D eigenvalue weighted by Gasteiger charge is -2.31. The minimum atomic E-state index is -1.14. The fourth-order valence-electron chi connectivity index (χ4n) is 5.28. The van der Waals surface area contributed by atoms with Crippen LogP contribution in [0.5, 0.6) is 5.75 Å². The summed E-state index contributed by atoms with van der Waals surface area (Å²) in [6, 6.07) is 4.25. The van der Waals surface area contributed by atoms with Crippen molar-refractivity contribution >= 4 is 24.0 Å². The molecule has 0 bridgehead atoms. The van der Waals surface area contributed by atoms with E-state index in [9.17, 15) is 18.8 Å². The lowest BCUT2D eigenvalue weighted by molar-refractivity contribution is -0.183. The molecule has 3 rings (SSSR count). The van der Waals surface area contributed by atoms with E-state index in [-0.39, 0.29) is 30.3 Å². The van der Waals surface area contributed by atoms with Crippen molar-refractivity contribution in [1.82, 2.24) is 0 Å². The zero-order valence-electron chi connectivity index (χ0n) is 22.4. The molecule has 0 radical (unpaired) electrons. The van der Waals surface area contributed by atoms with E-state index in [1.165, 1.54) is 51.0 Å². The normalized spacial score (nSPS) is 20.6. The average Bonchev–Trinajstić information content (AvgIpc) is 3.43. The van der Waals surface area contributed by atoms with E-state index in [1.54, 1.807) is 6.07 Å². The maximum absolute atomic E-state index is 13.8. The summed E-state index contributed by atoms with van der Waals surface area (Å²) in [4.78, 5) is 37.2. The highest BCUT2D eigenvalue weighted by Crippen LogP contribution is 2.39. The van der Waals surface area contributed by atoms with Gasteiger partial charge in [-0.2, -0.15) is 0 Å². The predicted octanol–water partition coefficient (Wildman–Crippen LogP) is 6.30. The third kappa shape index (κ3) is 8.99. The van der Waals surface area contributed by atoms with Crippen molar-refractivity contribution in [2.45, 2.75) is 89.9 Å². The number of halogens is 1. The Morgan fingerprint density at radius 3 is 2.37 bits per heavy atom. The van der Waals surface area contributed by atoms with Gasteiger partial charge in [-0.1, -0.05) is 45.3 Å². The maximum atomic E-state index is 13.8. The molecule has 1 aromatic carbocycles. The Morgan fingerprint density at radius 2 is 1.74 bits per heavy atom. The number of esters is 3. The summed E-state index contributed by atoms with van der Waals surface area (Å²) in [7, 11) is 1.36. The molecular formula is C30H39FO7. The number of benzene rings is 1. The molecule has 0 saturated heterocycles. The molecule has 0 aliphatic heterocycles. The van der Waals surface area contributed by atoms with Gasteiger partial charge in [0.05, 0.1) is 13.5 Å². The number of ether oxygens (including phenoxy) is 4. The van der Waals surface area contributed by atoms with Crippen LogP contribution in [-0.4, -0.2) is 37.4 Å². The summed E-state index contributed by atoms with van der Waals surface area (Å²) in [5.74, 6) is -0.986. The molecule has 1 aromatic rings. The van der Waals surface area contributed by atoms with Crippen molar-refractivity contribution < 1.29 is 37.7 Å². The zero-order chi connectivity index (χ0) is 27.5. The number of methoxy groups -OCH3 is 1. The molecule has 1 unspecified atom stereocenters. The van der Waals surface area contributed by atoms with Gasteiger partial charge in [-0.3, -0.25) is 4.79 Å². The van der Waals surface area contributed by atoms with Crippen molar-refractivity contribution in [2.75, 3.05) is 7.11 Å². The van der Waals surface area contributed by atoms with Crippen LogP contribution in [0.15, 0.2) is 36.4 Å². The van der Waals surface area contributed by atoms with E-state index in [2.05, 4.69) is 6.58 Å². The molecule has 0 amide bonds. The van der Waals surface area contributed by atoms with Crippen LogP contribution in [0.2, 0.25) is 0 Å². The van der Waals surface area contributed by atoms with Gasteiger partial charge in [0.1, 0.15) is 6.10 Å². The van der Waals surface area contributed by atoms with Crippen LogP contribution in [0.4, 0.5) is 4.39 Å². The van der Waals surface area contributed by atoms with Gasteiger partial charge in [0.25, 0.3) is 0 Å². The van der Waals surface area contributed by atoms with Crippen molar-refractivity contribution in [1.29, 1.82) is 0 Å². The molecule has 1 atom stereocenters. The first kappa shape index (κ1) is 29.4. The zero-order valence-corrected chi connectivity index (χ0v) is 22.4. The van der Waals surface area contributed by atoms with Crippen LogP contribution >= 0.6 is 0 Å². The second-order valence-corrected chi connectivity index (χ2v) is 10.1. The summed E-state index contributed by atoms with van der Waals surface area (Å²) in [6.45, 7) is 5.51. The van der Waals surface area contributed by atoms with E-state index in [1.807, 2.05) is 6.92 Å². The number of hydrogen-bond donors (Lipinski definition) is 0. The van der Waals surface area contributed by atoms with Gasteiger partial charge in [0, 0.05) is 18.1 Å².